The van der Waals surface area contributed by atoms with Crippen LogP contribution in [0.1, 0.15) is 40.0 Å². The number of carboxylic acid groups (broad SMARTS) is 1. The second-order valence-electron chi connectivity index (χ2n) is 6.59. The highest BCUT2D eigenvalue weighted by Gasteiger charge is 2.40. The highest BCUT2D eigenvalue weighted by atomic mass is 28.4. The van der Waals surface area contributed by atoms with Gasteiger partial charge in [0, 0.05) is 6.42 Å². The van der Waals surface area contributed by atoms with Crippen molar-refractivity contribution in [1.82, 2.24) is 0 Å². The molecule has 0 saturated heterocycles. The molecule has 0 aromatic rings. The van der Waals surface area contributed by atoms with Gasteiger partial charge in [0.15, 0.2) is 8.32 Å². The second-order valence-corrected chi connectivity index (χ2v) is 11.4. The van der Waals surface area contributed by atoms with Gasteiger partial charge in [-0.1, -0.05) is 20.8 Å². The number of aliphatic carboxylic acids is 1. The van der Waals surface area contributed by atoms with Gasteiger partial charge in [0.1, 0.15) is 12.2 Å². The largest absolute Gasteiger partial charge is 0.481 e. The zero-order chi connectivity index (χ0) is 16.8. The fourth-order valence-electron chi connectivity index (χ4n) is 1.51. The Hall–Kier alpha value is -1.21. The molecule has 0 aromatic heterocycles. The summed E-state index contributed by atoms with van der Waals surface area (Å²) in [7, 11) is -0.893. The summed E-state index contributed by atoms with van der Waals surface area (Å²) >= 11 is 0. The van der Waals surface area contributed by atoms with Crippen LogP contribution in [0.15, 0.2) is 0 Å². The van der Waals surface area contributed by atoms with Gasteiger partial charge in [-0.2, -0.15) is 0 Å². The third-order valence-corrected chi connectivity index (χ3v) is 8.23. The van der Waals surface area contributed by atoms with Crippen molar-refractivity contribution in [2.75, 3.05) is 7.11 Å². The van der Waals surface area contributed by atoms with Crippen LogP contribution in [0.5, 0.6) is 0 Å². The molecule has 0 fully saturated rings. The highest BCUT2D eigenvalue weighted by molar-refractivity contribution is 6.74. The molecule has 0 aromatic carbocycles. The van der Waals surface area contributed by atoms with E-state index in [2.05, 4.69) is 4.74 Å². The van der Waals surface area contributed by atoms with Crippen molar-refractivity contribution >= 4 is 26.0 Å². The van der Waals surface area contributed by atoms with Crippen LogP contribution in [-0.4, -0.2) is 44.4 Å². The number of carbonyl (C=O) groups excluding carboxylic acids is 2. The predicted molar refractivity (Wildman–Crippen MR) is 80.6 cm³/mol. The normalized spacial score (nSPS) is 13.6. The number of rotatable bonds is 8. The Balaban J connectivity index is 4.94. The molecular weight excluding hydrogens is 292 g/mol. The van der Waals surface area contributed by atoms with Gasteiger partial charge in [-0.05, 0) is 18.1 Å². The van der Waals surface area contributed by atoms with Crippen molar-refractivity contribution in [3.63, 3.8) is 0 Å². The lowest BCUT2D eigenvalue weighted by atomic mass is 10.1. The number of hydrogen-bond donors (Lipinski definition) is 1. The van der Waals surface area contributed by atoms with Crippen LogP contribution in [0.3, 0.4) is 0 Å². The highest BCUT2D eigenvalue weighted by Crippen LogP contribution is 2.38. The lowest BCUT2D eigenvalue weighted by Gasteiger charge is -2.39. The zero-order valence-corrected chi connectivity index (χ0v) is 14.7. The molecule has 21 heavy (non-hydrogen) atoms. The molecule has 0 aliphatic rings. The summed E-state index contributed by atoms with van der Waals surface area (Å²) in [5, 5.41) is 8.57. The smallest absolute Gasteiger partial charge is 0.310 e. The number of esters is 1. The Morgan fingerprint density at radius 3 is 2.05 bits per heavy atom. The molecule has 0 spiro atoms. The fraction of sp³-hybridized carbons (Fsp3) is 0.786. The fourth-order valence-corrected chi connectivity index (χ4v) is 2.87. The number of ether oxygens (including phenoxy) is 1. The van der Waals surface area contributed by atoms with Gasteiger partial charge in [-0.3, -0.25) is 14.4 Å². The Morgan fingerprint density at radius 1 is 1.14 bits per heavy atom. The molecule has 0 radical (unpaired) electrons. The Kier molecular flexibility index (Phi) is 7.25. The van der Waals surface area contributed by atoms with Crippen LogP contribution < -0.4 is 0 Å². The Labute approximate surface area is 126 Å². The minimum absolute atomic E-state index is 0.0473. The first-order valence-electron chi connectivity index (χ1n) is 6.87. The SMILES string of the molecule is COC(=O)CC(CC(=O)CC(=O)O)O[Si](C)(C)C(C)(C)C. The molecule has 0 heterocycles. The summed E-state index contributed by atoms with van der Waals surface area (Å²) in [6.07, 6.45) is -1.33. The molecule has 0 saturated carbocycles. The van der Waals surface area contributed by atoms with Crippen LogP contribution in [0.25, 0.3) is 0 Å². The summed E-state index contributed by atoms with van der Waals surface area (Å²) in [5.74, 6) is -2.10. The Morgan fingerprint density at radius 2 is 1.67 bits per heavy atom. The molecule has 1 N–H and O–H groups in total. The van der Waals surface area contributed by atoms with Crippen LogP contribution in [0, 0.1) is 0 Å². The lowest BCUT2D eigenvalue weighted by molar-refractivity contribution is -0.142. The number of ketones is 1. The van der Waals surface area contributed by atoms with Gasteiger partial charge in [-0.15, -0.1) is 0 Å². The van der Waals surface area contributed by atoms with Crippen LogP contribution in [0.4, 0.5) is 0 Å². The summed E-state index contributed by atoms with van der Waals surface area (Å²) in [4.78, 5) is 33.7. The van der Waals surface area contributed by atoms with E-state index >= 15 is 0 Å². The summed E-state index contributed by atoms with van der Waals surface area (Å²) < 4.78 is 10.7. The Bertz CT molecular complexity index is 397. The van der Waals surface area contributed by atoms with Crippen LogP contribution >= 0.6 is 0 Å². The molecule has 1 atom stereocenters. The average Bonchev–Trinajstić information content (AvgIpc) is 2.24. The van der Waals surface area contributed by atoms with Crippen molar-refractivity contribution in [3.05, 3.63) is 0 Å². The third kappa shape index (κ3) is 7.38. The van der Waals surface area contributed by atoms with E-state index in [1.54, 1.807) is 0 Å². The van der Waals surface area contributed by atoms with E-state index in [1.165, 1.54) is 7.11 Å². The summed E-state index contributed by atoms with van der Waals surface area (Å²) in [5.41, 5.74) is 0. The van der Waals surface area contributed by atoms with E-state index in [9.17, 15) is 14.4 Å². The molecule has 0 aliphatic carbocycles. The van der Waals surface area contributed by atoms with E-state index in [0.717, 1.165) is 0 Å². The third-order valence-electron chi connectivity index (χ3n) is 3.69. The van der Waals surface area contributed by atoms with Crippen molar-refractivity contribution in [1.29, 1.82) is 0 Å². The maximum absolute atomic E-state index is 11.7. The first-order valence-corrected chi connectivity index (χ1v) is 9.78. The first-order chi connectivity index (χ1) is 9.39. The molecule has 0 rings (SSSR count). The number of carboxylic acids is 1. The molecular formula is C14H26O6Si. The maximum atomic E-state index is 11.7. The van der Waals surface area contributed by atoms with Crippen molar-refractivity contribution < 1.29 is 28.7 Å². The average molecular weight is 318 g/mol. The number of methoxy groups -OCH3 is 1. The van der Waals surface area contributed by atoms with E-state index in [0.29, 0.717) is 0 Å². The molecule has 1 unspecified atom stereocenters. The number of carbonyl (C=O) groups is 3. The van der Waals surface area contributed by atoms with Gasteiger partial charge >= 0.3 is 11.9 Å². The molecule has 0 amide bonds. The summed E-state index contributed by atoms with van der Waals surface area (Å²) in [6, 6.07) is 0. The van der Waals surface area contributed by atoms with Gasteiger partial charge < -0.3 is 14.3 Å². The van der Waals surface area contributed by atoms with Gasteiger partial charge in [-0.25, -0.2) is 0 Å². The van der Waals surface area contributed by atoms with E-state index in [-0.39, 0.29) is 17.9 Å². The van der Waals surface area contributed by atoms with E-state index in [4.69, 9.17) is 9.53 Å². The van der Waals surface area contributed by atoms with Crippen LogP contribution in [-0.2, 0) is 23.5 Å². The minimum Gasteiger partial charge on any atom is -0.481 e. The van der Waals surface area contributed by atoms with Crippen molar-refractivity contribution in [2.45, 2.75) is 64.3 Å². The van der Waals surface area contributed by atoms with Crippen molar-refractivity contribution in [3.8, 4) is 0 Å². The van der Waals surface area contributed by atoms with Gasteiger partial charge in [0.25, 0.3) is 0 Å². The monoisotopic (exact) mass is 318 g/mol. The minimum atomic E-state index is -2.16. The first kappa shape index (κ1) is 19.8. The van der Waals surface area contributed by atoms with Crippen LogP contribution in [0.2, 0.25) is 18.1 Å². The molecule has 7 heteroatoms. The number of Topliss-reactive ketones (excluding diaryl/α,β-unsaturated/α-hetero) is 1. The summed E-state index contributed by atoms with van der Waals surface area (Å²) in [6.45, 7) is 10.2. The van der Waals surface area contributed by atoms with Gasteiger partial charge in [0.2, 0.25) is 0 Å². The standard InChI is InChI=1S/C14H26O6Si/c1-14(2,3)21(5,6)20-11(9-13(18)19-4)7-10(15)8-12(16)17/h11H,7-9H2,1-6H3,(H,16,17). The van der Waals surface area contributed by atoms with Gasteiger partial charge in [0.05, 0.1) is 19.6 Å². The zero-order valence-electron chi connectivity index (χ0n) is 13.7. The molecule has 0 aliphatic heterocycles. The van der Waals surface area contributed by atoms with E-state index in [1.807, 2.05) is 33.9 Å². The second kappa shape index (κ2) is 7.70. The topological polar surface area (TPSA) is 89.9 Å². The molecule has 0 bridgehead atoms. The van der Waals surface area contributed by atoms with E-state index < -0.39 is 38.6 Å². The molecule has 6 nitrogen and oxygen atoms in total. The predicted octanol–water partition coefficient (Wildman–Crippen LogP) is 2.37. The maximum Gasteiger partial charge on any atom is 0.310 e. The molecule has 122 valence electrons. The van der Waals surface area contributed by atoms with Crippen molar-refractivity contribution in [2.24, 2.45) is 0 Å². The number of hydrogen-bond acceptors (Lipinski definition) is 5. The quantitative estimate of drug-likeness (QED) is 0.420. The lowest BCUT2D eigenvalue weighted by Crippen LogP contribution is -2.45.